The van der Waals surface area contributed by atoms with E-state index in [1.807, 2.05) is 124 Å². The number of para-hydroxylation sites is 2. The Kier molecular flexibility index (Phi) is 25.1. The first-order chi connectivity index (χ1) is 54.0. The summed E-state index contributed by atoms with van der Waals surface area (Å²) in [6.07, 6.45) is 28.1. The summed E-state index contributed by atoms with van der Waals surface area (Å²) in [7, 11) is 0. The zero-order chi connectivity index (χ0) is 75.1. The van der Waals surface area contributed by atoms with Gasteiger partial charge in [0, 0.05) is 110 Å². The largest absolute Gasteiger partial charge is 0.454 e. The zero-order valence-electron chi connectivity index (χ0n) is 62.7. The van der Waals surface area contributed by atoms with Gasteiger partial charge in [-0.2, -0.15) is 0 Å². The van der Waals surface area contributed by atoms with Gasteiger partial charge >= 0.3 is 0 Å². The lowest BCUT2D eigenvalue weighted by molar-refractivity contribution is 0.0743. The predicted octanol–water partition coefficient (Wildman–Crippen LogP) is 19.3. The lowest BCUT2D eigenvalue weighted by atomic mass is 9.82. The molecule has 2 aliphatic carbocycles. The predicted molar refractivity (Wildman–Crippen MR) is 439 cm³/mol. The van der Waals surface area contributed by atoms with Crippen LogP contribution in [0.15, 0.2) is 190 Å². The Balaban J connectivity index is 0.000000117. The number of rotatable bonds is 10. The summed E-state index contributed by atoms with van der Waals surface area (Å²) >= 11 is 12.7. The van der Waals surface area contributed by atoms with Crippen LogP contribution in [-0.4, -0.2) is 118 Å². The van der Waals surface area contributed by atoms with Crippen LogP contribution in [-0.2, 0) is 12.8 Å². The first-order valence-corrected chi connectivity index (χ1v) is 40.9. The molecular formula is C90H98Cl2N12O6. The molecule has 568 valence electrons. The monoisotopic (exact) mass is 1510 g/mol. The quantitative estimate of drug-likeness (QED) is 0.102. The van der Waals surface area contributed by atoms with Gasteiger partial charge in [-0.3, -0.25) is 45.9 Å². The fourth-order valence-electron chi connectivity index (χ4n) is 16.5. The second-order valence-electron chi connectivity index (χ2n) is 30.3. The average molecular weight is 1510 g/mol. The van der Waals surface area contributed by atoms with Crippen molar-refractivity contribution >= 4 is 91.3 Å². The number of nitrogens with one attached hydrogen (secondary N) is 4. The standard InChI is InChI=1S/C26H31N3O.C25H29N3O2.C20H20ClN3O.C19H18ClN3O2/c30-26(28-29-15-7-2-8-16-29)22-14-13-21-17-20-11-5-6-12-23(20)25(27-24(21)18-22)19-9-3-1-4-10-19;29-25(27-28-15-7-2-8-16-28)19-13-14-23-21(17-19)26-24(18-9-3-1-4-10-18)20-11-5-6-12-22(20)30-23;21-19-17-7-3-2-6-14(17)12-15-8-9-16(13-18(15)22-19)20(25)23-24-10-4-1-5-11-24;20-18-14-6-2-3-7-16(14)25-17-9-8-13(12-15(17)21-18)19(24)22-23-10-4-1-5-11-23/h5-6,11-14,18-19H,1-4,7-10,15-17H2,(H,28,30);5-6,11-14,17-18H,1-4,7-10,15-16H2,(H,27,29);2-3,6-9,13H,1,4-5,10-12H2,(H,23,25);2-3,6-9,12H,1,4-5,10-11H2,(H,22,24). The van der Waals surface area contributed by atoms with E-state index < -0.39 is 0 Å². The van der Waals surface area contributed by atoms with Crippen molar-refractivity contribution in [2.24, 2.45) is 31.8 Å². The lowest BCUT2D eigenvalue weighted by Gasteiger charge is -2.26. The number of carbonyl (C=O) groups excluding carboxylic acids is 4. The highest BCUT2D eigenvalue weighted by Gasteiger charge is 2.30. The summed E-state index contributed by atoms with van der Waals surface area (Å²) in [6.45, 7) is 7.31. The summed E-state index contributed by atoms with van der Waals surface area (Å²) in [5, 5.41) is 8.89. The summed E-state index contributed by atoms with van der Waals surface area (Å²) in [5.74, 6) is 3.45. The second-order valence-corrected chi connectivity index (χ2v) is 31.1. The van der Waals surface area contributed by atoms with Crippen molar-refractivity contribution in [3.8, 4) is 23.0 Å². The molecule has 4 saturated heterocycles. The van der Waals surface area contributed by atoms with Gasteiger partial charge in [-0.05, 0) is 190 Å². The molecule has 110 heavy (non-hydrogen) atoms. The molecule has 2 saturated carbocycles. The van der Waals surface area contributed by atoms with E-state index in [2.05, 4.69) is 79.2 Å². The number of carbonyl (C=O) groups is 4. The maximum atomic E-state index is 12.9. The van der Waals surface area contributed by atoms with Gasteiger partial charge in [-0.25, -0.2) is 35.0 Å². The van der Waals surface area contributed by atoms with E-state index in [9.17, 15) is 19.2 Å². The molecule has 18 rings (SSSR count). The minimum atomic E-state index is -0.141. The van der Waals surface area contributed by atoms with E-state index in [1.54, 1.807) is 18.2 Å². The Hall–Kier alpha value is -9.66. The van der Waals surface area contributed by atoms with E-state index in [1.165, 1.54) is 99.5 Å². The Morgan fingerprint density at radius 3 is 1.06 bits per heavy atom. The Morgan fingerprint density at radius 1 is 0.300 bits per heavy atom. The van der Waals surface area contributed by atoms with Gasteiger partial charge in [0.15, 0.2) is 11.5 Å². The maximum absolute atomic E-state index is 12.9. The molecular weight excluding hydrogens is 1420 g/mol. The van der Waals surface area contributed by atoms with Crippen LogP contribution in [0.1, 0.15) is 227 Å². The number of nitrogens with zero attached hydrogens (tertiary/aromatic N) is 8. The molecule has 0 radical (unpaired) electrons. The Bertz CT molecular complexity index is 4490. The smallest absolute Gasteiger partial charge is 0.265 e. The van der Waals surface area contributed by atoms with E-state index >= 15 is 0 Å². The van der Waals surface area contributed by atoms with Crippen LogP contribution >= 0.6 is 23.2 Å². The number of halogens is 2. The number of aliphatic imine (C=N–C) groups is 4. The summed E-state index contributed by atoms with van der Waals surface area (Å²) in [5.41, 5.74) is 28.8. The lowest BCUT2D eigenvalue weighted by Crippen LogP contribution is -2.45. The summed E-state index contributed by atoms with van der Waals surface area (Å²) < 4.78 is 12.2. The molecule has 0 spiro atoms. The van der Waals surface area contributed by atoms with Gasteiger partial charge in [0.1, 0.15) is 33.2 Å². The van der Waals surface area contributed by atoms with Crippen LogP contribution in [0, 0.1) is 11.8 Å². The molecule has 6 fully saturated rings. The molecule has 10 aliphatic rings. The summed E-state index contributed by atoms with van der Waals surface area (Å²) in [4.78, 5) is 70.1. The third-order valence-electron chi connectivity index (χ3n) is 22.5. The topological polar surface area (TPSA) is 197 Å². The SMILES string of the molecule is O=C(NN1CCCCC1)c1ccc2c(c1)N=C(C1CCCCC1)c1ccccc1C2.O=C(NN1CCCCC1)c1ccc2c(c1)N=C(C1CCCCC1)c1ccccc1O2.O=C(NN1CCCCC1)c1ccc2c(c1)N=C(Cl)c1ccccc1C2.O=C(NN1CCCCC1)c1ccc2c(c1)N=C(Cl)c1ccccc1O2. The molecule has 8 heterocycles. The van der Waals surface area contributed by atoms with Gasteiger partial charge in [-0.15, -0.1) is 0 Å². The number of hydrogen-bond donors (Lipinski definition) is 4. The fraction of sp³-hybridized carbons (Fsp3) is 0.378. The first-order valence-electron chi connectivity index (χ1n) is 40.1. The Morgan fingerprint density at radius 2 is 0.609 bits per heavy atom. The van der Waals surface area contributed by atoms with Crippen molar-refractivity contribution in [1.82, 2.24) is 41.7 Å². The molecule has 0 aromatic heterocycles. The molecule has 4 N–H and O–H groups in total. The minimum Gasteiger partial charge on any atom is -0.454 e. The molecule has 0 bridgehead atoms. The molecule has 8 aromatic rings. The molecule has 0 atom stereocenters. The van der Waals surface area contributed by atoms with Crippen molar-refractivity contribution in [3.05, 3.63) is 237 Å². The van der Waals surface area contributed by atoms with Crippen LogP contribution in [0.2, 0.25) is 0 Å². The third-order valence-corrected chi connectivity index (χ3v) is 23.1. The van der Waals surface area contributed by atoms with E-state index in [-0.39, 0.29) is 23.6 Å². The van der Waals surface area contributed by atoms with Crippen molar-refractivity contribution < 1.29 is 28.7 Å². The fourth-order valence-corrected chi connectivity index (χ4v) is 17.0. The molecule has 8 aromatic carbocycles. The highest BCUT2D eigenvalue weighted by molar-refractivity contribution is 6.70. The maximum Gasteiger partial charge on any atom is 0.265 e. The van der Waals surface area contributed by atoms with Gasteiger partial charge in [0.2, 0.25) is 0 Å². The molecule has 18 nitrogen and oxygen atoms in total. The van der Waals surface area contributed by atoms with Crippen molar-refractivity contribution in [3.63, 3.8) is 0 Å². The third kappa shape index (κ3) is 18.8. The van der Waals surface area contributed by atoms with Gasteiger partial charge < -0.3 is 9.47 Å². The highest BCUT2D eigenvalue weighted by Crippen LogP contribution is 2.44. The second kappa shape index (κ2) is 36.5. The molecule has 20 heteroatoms. The number of fused-ring (bicyclic) bond motifs is 8. The molecule has 0 unspecified atom stereocenters. The normalized spacial score (nSPS) is 18.5. The van der Waals surface area contributed by atoms with Crippen LogP contribution < -0.4 is 31.2 Å². The minimum absolute atomic E-state index is 0.0177. The number of ether oxygens (including phenoxy) is 2. The average Bonchev–Trinajstić information content (AvgIpc) is 1.67. The number of hydrogen-bond acceptors (Lipinski definition) is 14. The van der Waals surface area contributed by atoms with Crippen molar-refractivity contribution in [1.29, 1.82) is 0 Å². The van der Waals surface area contributed by atoms with Crippen LogP contribution in [0.25, 0.3) is 0 Å². The first kappa shape index (κ1) is 75.7. The Labute approximate surface area is 655 Å². The highest BCUT2D eigenvalue weighted by atomic mass is 35.5. The van der Waals surface area contributed by atoms with Crippen molar-refractivity contribution in [2.45, 2.75) is 154 Å². The van der Waals surface area contributed by atoms with E-state index in [0.29, 0.717) is 67.4 Å². The number of hydrazine groups is 4. The summed E-state index contributed by atoms with van der Waals surface area (Å²) in [6, 6.07) is 55.0. The van der Waals surface area contributed by atoms with Gasteiger partial charge in [0.05, 0.1) is 28.4 Å². The van der Waals surface area contributed by atoms with Crippen LogP contribution in [0.5, 0.6) is 23.0 Å². The van der Waals surface area contributed by atoms with E-state index in [4.69, 9.17) is 42.7 Å². The number of amides is 4. The molecule has 8 aliphatic heterocycles. The zero-order valence-corrected chi connectivity index (χ0v) is 64.2. The molecule has 4 amide bonds. The van der Waals surface area contributed by atoms with Crippen molar-refractivity contribution in [2.75, 3.05) is 52.4 Å². The number of benzene rings is 8. The van der Waals surface area contributed by atoms with Crippen LogP contribution in [0.4, 0.5) is 22.7 Å². The van der Waals surface area contributed by atoms with Gasteiger partial charge in [0.25, 0.3) is 23.6 Å². The van der Waals surface area contributed by atoms with Gasteiger partial charge in [-0.1, -0.05) is 172 Å². The van der Waals surface area contributed by atoms with E-state index in [0.717, 1.165) is 186 Å². The number of piperidine rings is 4. The van der Waals surface area contributed by atoms with Crippen LogP contribution in [0.3, 0.4) is 0 Å².